The second-order valence-corrected chi connectivity index (χ2v) is 5.75. The molecule has 0 radical (unpaired) electrons. The van der Waals surface area contributed by atoms with E-state index in [-0.39, 0.29) is 6.04 Å². The molecule has 2 rings (SSSR count). The number of pyridine rings is 1. The molecule has 0 saturated heterocycles. The molecular formula is C15H21N3OS. The topological polar surface area (TPSA) is 47.0 Å². The van der Waals surface area contributed by atoms with Crippen molar-refractivity contribution in [1.29, 1.82) is 0 Å². The van der Waals surface area contributed by atoms with Crippen molar-refractivity contribution >= 4 is 11.3 Å². The van der Waals surface area contributed by atoms with Gasteiger partial charge in [0.2, 0.25) is 0 Å². The third-order valence-electron chi connectivity index (χ3n) is 3.13. The molecule has 20 heavy (non-hydrogen) atoms. The number of nitrogens with one attached hydrogen (secondary N) is 1. The van der Waals surface area contributed by atoms with Gasteiger partial charge in [0.15, 0.2) is 0 Å². The molecule has 0 bridgehead atoms. The average Bonchev–Trinajstić information content (AvgIpc) is 2.88. The number of thiazole rings is 1. The average molecular weight is 291 g/mol. The molecule has 0 saturated carbocycles. The molecule has 0 aliphatic carbocycles. The molecule has 2 aromatic heterocycles. The Labute approximate surface area is 124 Å². The molecule has 0 spiro atoms. The minimum absolute atomic E-state index is 0.203. The van der Waals surface area contributed by atoms with Gasteiger partial charge in [-0.1, -0.05) is 6.92 Å². The first-order chi connectivity index (χ1) is 9.74. The second-order valence-electron chi connectivity index (χ2n) is 4.69. The van der Waals surface area contributed by atoms with Crippen LogP contribution in [0.4, 0.5) is 0 Å². The lowest BCUT2D eigenvalue weighted by Crippen LogP contribution is -2.24. The number of hydrogen-bond donors (Lipinski definition) is 1. The normalized spacial score (nSPS) is 12.3. The van der Waals surface area contributed by atoms with Crippen molar-refractivity contribution in [3.63, 3.8) is 0 Å². The predicted molar refractivity (Wildman–Crippen MR) is 82.4 cm³/mol. The Morgan fingerprint density at radius 1 is 1.45 bits per heavy atom. The van der Waals surface area contributed by atoms with Gasteiger partial charge in [-0.05, 0) is 26.0 Å². The van der Waals surface area contributed by atoms with Gasteiger partial charge in [0.25, 0.3) is 0 Å². The highest BCUT2D eigenvalue weighted by Gasteiger charge is 2.17. The van der Waals surface area contributed by atoms with Gasteiger partial charge in [0.1, 0.15) is 5.75 Å². The largest absolute Gasteiger partial charge is 0.495 e. The van der Waals surface area contributed by atoms with Gasteiger partial charge in [-0.3, -0.25) is 4.98 Å². The van der Waals surface area contributed by atoms with E-state index < -0.39 is 0 Å². The third kappa shape index (κ3) is 3.77. The van der Waals surface area contributed by atoms with E-state index in [0.29, 0.717) is 0 Å². The zero-order chi connectivity index (χ0) is 14.4. The Morgan fingerprint density at radius 3 is 2.95 bits per heavy atom. The Hall–Kier alpha value is -1.46. The molecule has 0 aromatic carbocycles. The summed E-state index contributed by atoms with van der Waals surface area (Å²) in [7, 11) is 1.68. The maximum atomic E-state index is 5.43. The van der Waals surface area contributed by atoms with Crippen molar-refractivity contribution in [3.8, 4) is 5.75 Å². The minimum atomic E-state index is 0.203. The van der Waals surface area contributed by atoms with E-state index in [9.17, 15) is 0 Å². The number of rotatable bonds is 7. The summed E-state index contributed by atoms with van der Waals surface area (Å²) in [5, 5.41) is 6.81. The van der Waals surface area contributed by atoms with Crippen molar-refractivity contribution < 1.29 is 4.74 Å². The standard InChI is InChI=1S/C15H21N3OS/c1-4-6-17-14(8-12-10-20-11(2)18-12)13-5-7-16-9-15(13)19-3/h5,7,9-10,14,17H,4,6,8H2,1-3H3. The maximum absolute atomic E-state index is 5.43. The third-order valence-corrected chi connectivity index (χ3v) is 3.95. The van der Waals surface area contributed by atoms with Gasteiger partial charge in [-0.2, -0.15) is 0 Å². The molecule has 0 aliphatic heterocycles. The van der Waals surface area contributed by atoms with Gasteiger partial charge < -0.3 is 10.1 Å². The summed E-state index contributed by atoms with van der Waals surface area (Å²) >= 11 is 1.69. The highest BCUT2D eigenvalue weighted by Crippen LogP contribution is 2.27. The van der Waals surface area contributed by atoms with Crippen LogP contribution in [0.25, 0.3) is 0 Å². The van der Waals surface area contributed by atoms with Crippen molar-refractivity contribution in [2.75, 3.05) is 13.7 Å². The SMILES string of the molecule is CCCNC(Cc1csc(C)n1)c1ccncc1OC. The van der Waals surface area contributed by atoms with E-state index in [4.69, 9.17) is 4.74 Å². The van der Waals surface area contributed by atoms with Crippen LogP contribution in [-0.2, 0) is 6.42 Å². The first kappa shape index (κ1) is 14.9. The van der Waals surface area contributed by atoms with E-state index in [0.717, 1.165) is 41.4 Å². The van der Waals surface area contributed by atoms with Crippen LogP contribution in [0.3, 0.4) is 0 Å². The van der Waals surface area contributed by atoms with Crippen LogP contribution in [-0.4, -0.2) is 23.6 Å². The lowest BCUT2D eigenvalue weighted by molar-refractivity contribution is 0.395. The Morgan fingerprint density at radius 2 is 2.30 bits per heavy atom. The van der Waals surface area contributed by atoms with Crippen LogP contribution in [0.15, 0.2) is 23.8 Å². The molecule has 2 aromatic rings. The van der Waals surface area contributed by atoms with Crippen LogP contribution < -0.4 is 10.1 Å². The molecule has 4 nitrogen and oxygen atoms in total. The number of aromatic nitrogens is 2. The fraction of sp³-hybridized carbons (Fsp3) is 0.467. The number of methoxy groups -OCH3 is 1. The van der Waals surface area contributed by atoms with Crippen molar-refractivity contribution in [2.45, 2.75) is 32.7 Å². The minimum Gasteiger partial charge on any atom is -0.495 e. The summed E-state index contributed by atoms with van der Waals surface area (Å²) in [5.74, 6) is 0.827. The molecule has 0 amide bonds. The molecule has 108 valence electrons. The predicted octanol–water partition coefficient (Wildman–Crippen LogP) is 3.14. The van der Waals surface area contributed by atoms with Crippen molar-refractivity contribution in [3.05, 3.63) is 40.1 Å². The van der Waals surface area contributed by atoms with E-state index >= 15 is 0 Å². The molecular weight excluding hydrogens is 270 g/mol. The van der Waals surface area contributed by atoms with Crippen molar-refractivity contribution in [2.24, 2.45) is 0 Å². The van der Waals surface area contributed by atoms with Gasteiger partial charge >= 0.3 is 0 Å². The van der Waals surface area contributed by atoms with Crippen LogP contribution in [0.2, 0.25) is 0 Å². The van der Waals surface area contributed by atoms with Gasteiger partial charge in [0.05, 0.1) is 24.0 Å². The second kappa shape index (κ2) is 7.36. The van der Waals surface area contributed by atoms with Crippen LogP contribution in [0, 0.1) is 6.92 Å². The van der Waals surface area contributed by atoms with Gasteiger partial charge in [-0.25, -0.2) is 4.98 Å². The fourth-order valence-corrected chi connectivity index (χ4v) is 2.80. The van der Waals surface area contributed by atoms with E-state index in [1.807, 2.05) is 19.2 Å². The first-order valence-electron chi connectivity index (χ1n) is 6.86. The monoisotopic (exact) mass is 291 g/mol. The quantitative estimate of drug-likeness (QED) is 0.851. The van der Waals surface area contributed by atoms with Crippen LogP contribution in [0.5, 0.6) is 5.75 Å². The van der Waals surface area contributed by atoms with Crippen LogP contribution in [0.1, 0.15) is 35.7 Å². The lowest BCUT2D eigenvalue weighted by Gasteiger charge is -2.20. The molecule has 5 heteroatoms. The number of aryl methyl sites for hydroxylation is 1. The number of hydrogen-bond acceptors (Lipinski definition) is 5. The summed E-state index contributed by atoms with van der Waals surface area (Å²) in [6.45, 7) is 5.18. The lowest BCUT2D eigenvalue weighted by atomic mass is 10.0. The summed E-state index contributed by atoms with van der Waals surface area (Å²) in [6, 6.07) is 2.22. The highest BCUT2D eigenvalue weighted by atomic mass is 32.1. The van der Waals surface area contributed by atoms with E-state index in [2.05, 4.69) is 27.6 Å². The molecule has 1 N–H and O–H groups in total. The molecule has 0 aliphatic rings. The maximum Gasteiger partial charge on any atom is 0.141 e. The highest BCUT2D eigenvalue weighted by molar-refractivity contribution is 7.09. The smallest absolute Gasteiger partial charge is 0.141 e. The zero-order valence-electron chi connectivity index (χ0n) is 12.2. The van der Waals surface area contributed by atoms with E-state index in [1.165, 1.54) is 0 Å². The molecule has 2 heterocycles. The molecule has 1 unspecified atom stereocenters. The van der Waals surface area contributed by atoms with Gasteiger partial charge in [0, 0.05) is 29.6 Å². The van der Waals surface area contributed by atoms with Gasteiger partial charge in [-0.15, -0.1) is 11.3 Å². The van der Waals surface area contributed by atoms with Crippen LogP contribution >= 0.6 is 11.3 Å². The summed E-state index contributed by atoms with van der Waals surface area (Å²) < 4.78 is 5.43. The molecule has 1 atom stereocenters. The number of ether oxygens (including phenoxy) is 1. The Kier molecular flexibility index (Phi) is 5.49. The summed E-state index contributed by atoms with van der Waals surface area (Å²) in [4.78, 5) is 8.69. The first-order valence-corrected chi connectivity index (χ1v) is 7.74. The summed E-state index contributed by atoms with van der Waals surface area (Å²) in [6.07, 6.45) is 5.54. The summed E-state index contributed by atoms with van der Waals surface area (Å²) in [5.41, 5.74) is 2.27. The Bertz CT molecular complexity index is 541. The fourth-order valence-electron chi connectivity index (χ4n) is 2.17. The Balaban J connectivity index is 2.22. The van der Waals surface area contributed by atoms with Crippen molar-refractivity contribution in [1.82, 2.24) is 15.3 Å². The number of nitrogens with zero attached hydrogens (tertiary/aromatic N) is 2. The molecule has 0 fully saturated rings. The van der Waals surface area contributed by atoms with E-state index in [1.54, 1.807) is 24.6 Å². The zero-order valence-corrected chi connectivity index (χ0v) is 13.0.